The number of nitrogens with zero attached hydrogens (tertiary/aromatic N) is 5. The first-order valence-electron chi connectivity index (χ1n) is 13.3. The van der Waals surface area contributed by atoms with E-state index in [1.165, 1.54) is 17.4 Å². The molecule has 0 saturated carbocycles. The molecule has 0 bridgehead atoms. The van der Waals surface area contributed by atoms with Crippen molar-refractivity contribution in [2.24, 2.45) is 0 Å². The van der Waals surface area contributed by atoms with Gasteiger partial charge in [-0.15, -0.1) is 6.58 Å². The topological polar surface area (TPSA) is 98.3 Å². The van der Waals surface area contributed by atoms with Gasteiger partial charge in [0.2, 0.25) is 5.95 Å². The molecule has 3 N–H and O–H groups in total. The highest BCUT2D eigenvalue weighted by Crippen LogP contribution is 2.32. The van der Waals surface area contributed by atoms with Crippen molar-refractivity contribution >= 4 is 34.9 Å². The van der Waals surface area contributed by atoms with Crippen LogP contribution in [0.25, 0.3) is 0 Å². The minimum atomic E-state index is -0.278. The first-order valence-corrected chi connectivity index (χ1v) is 13.3. The Morgan fingerprint density at radius 2 is 1.92 bits per heavy atom. The largest absolute Gasteiger partial charge is 0.369 e. The van der Waals surface area contributed by atoms with Gasteiger partial charge in [-0.05, 0) is 68.6 Å². The number of carbonyl (C=O) groups excluding carboxylic acids is 1. The molecule has 1 amide bonds. The molecule has 2 atom stereocenters. The number of carbonyl (C=O) groups is 1. The predicted molar refractivity (Wildman–Crippen MR) is 153 cm³/mol. The third kappa shape index (κ3) is 5.62. The molecule has 3 aromatic rings. The van der Waals surface area contributed by atoms with Gasteiger partial charge in [-0.3, -0.25) is 4.79 Å². The smallest absolute Gasteiger partial charge is 0.256 e. The first-order chi connectivity index (χ1) is 18.4. The Bertz CT molecular complexity index is 1310. The standard InChI is InChI=1S/C29H36N8O/c1-5-14-30-28(38)24-17-31-29(35-27(24)34-25-13-8-21-7-6-19(2)26(21)33-25)32-22-9-11-23(12-10-22)37-16-15-36(4)20(3)18-37/h5,8-13,17,19-20H,1,6-7,14-16,18H2,2-4H3,(H,30,38)(H2,31,32,33,34,35)/t19?,20-/m1/s1. The molecule has 1 aliphatic heterocycles. The van der Waals surface area contributed by atoms with E-state index < -0.39 is 0 Å². The Morgan fingerprint density at radius 1 is 1.11 bits per heavy atom. The van der Waals surface area contributed by atoms with Crippen LogP contribution in [0.3, 0.4) is 0 Å². The summed E-state index contributed by atoms with van der Waals surface area (Å²) >= 11 is 0. The maximum atomic E-state index is 12.8. The lowest BCUT2D eigenvalue weighted by atomic mass is 10.1. The Hall–Kier alpha value is -3.98. The normalized spacial score (nSPS) is 19.1. The highest BCUT2D eigenvalue weighted by atomic mass is 16.1. The molecule has 9 heteroatoms. The summed E-state index contributed by atoms with van der Waals surface area (Å²) < 4.78 is 0. The fourth-order valence-electron chi connectivity index (χ4n) is 4.97. The van der Waals surface area contributed by atoms with Gasteiger partial charge >= 0.3 is 0 Å². The van der Waals surface area contributed by atoms with Crippen molar-refractivity contribution in [2.75, 3.05) is 48.8 Å². The molecule has 2 aromatic heterocycles. The second-order valence-corrected chi connectivity index (χ2v) is 10.2. The Labute approximate surface area is 224 Å². The summed E-state index contributed by atoms with van der Waals surface area (Å²) in [5, 5.41) is 9.35. The van der Waals surface area contributed by atoms with Gasteiger partial charge < -0.3 is 25.8 Å². The minimum absolute atomic E-state index is 0.278. The molecular weight excluding hydrogens is 476 g/mol. The summed E-state index contributed by atoms with van der Waals surface area (Å²) in [4.78, 5) is 31.5. The second-order valence-electron chi connectivity index (χ2n) is 10.2. The van der Waals surface area contributed by atoms with Crippen LogP contribution < -0.4 is 20.9 Å². The molecule has 3 heterocycles. The van der Waals surface area contributed by atoms with Crippen molar-refractivity contribution in [1.29, 1.82) is 0 Å². The number of pyridine rings is 1. The molecule has 1 aromatic carbocycles. The summed E-state index contributed by atoms with van der Waals surface area (Å²) in [6.07, 6.45) is 5.33. The van der Waals surface area contributed by atoms with Crippen molar-refractivity contribution in [3.05, 3.63) is 72.1 Å². The van der Waals surface area contributed by atoms with Crippen LogP contribution in [0, 0.1) is 0 Å². The van der Waals surface area contributed by atoms with E-state index in [0.717, 1.165) is 43.9 Å². The summed E-state index contributed by atoms with van der Waals surface area (Å²) in [6, 6.07) is 12.9. The summed E-state index contributed by atoms with van der Waals surface area (Å²) in [7, 11) is 2.17. The molecule has 1 aliphatic carbocycles. The minimum Gasteiger partial charge on any atom is -0.369 e. The second kappa shape index (κ2) is 11.2. The highest BCUT2D eigenvalue weighted by Gasteiger charge is 2.22. The van der Waals surface area contributed by atoms with Gasteiger partial charge in [-0.1, -0.05) is 19.1 Å². The van der Waals surface area contributed by atoms with E-state index in [-0.39, 0.29) is 5.91 Å². The number of hydrogen-bond donors (Lipinski definition) is 3. The number of benzene rings is 1. The van der Waals surface area contributed by atoms with Crippen molar-refractivity contribution in [3.8, 4) is 0 Å². The van der Waals surface area contributed by atoms with Crippen LogP contribution in [-0.4, -0.2) is 65.0 Å². The van der Waals surface area contributed by atoms with E-state index in [2.05, 4.69) is 81.4 Å². The lowest BCUT2D eigenvalue weighted by molar-refractivity contribution is 0.0958. The molecule has 1 unspecified atom stereocenters. The maximum absolute atomic E-state index is 12.8. The van der Waals surface area contributed by atoms with Crippen LogP contribution in [0.1, 0.15) is 47.8 Å². The molecule has 1 saturated heterocycles. The highest BCUT2D eigenvalue weighted by molar-refractivity contribution is 5.99. The summed E-state index contributed by atoms with van der Waals surface area (Å²) in [5.74, 6) is 1.58. The number of amides is 1. The van der Waals surface area contributed by atoms with E-state index in [9.17, 15) is 4.79 Å². The molecule has 38 heavy (non-hydrogen) atoms. The third-order valence-corrected chi connectivity index (χ3v) is 7.46. The van der Waals surface area contributed by atoms with Crippen LogP contribution in [0.5, 0.6) is 0 Å². The summed E-state index contributed by atoms with van der Waals surface area (Å²) in [5.41, 5.74) is 4.80. The average molecular weight is 513 g/mol. The van der Waals surface area contributed by atoms with Gasteiger partial charge in [0.05, 0.1) is 0 Å². The number of piperazine rings is 1. The van der Waals surface area contributed by atoms with E-state index in [1.807, 2.05) is 18.2 Å². The van der Waals surface area contributed by atoms with Gasteiger partial charge in [0.1, 0.15) is 17.2 Å². The Kier molecular flexibility index (Phi) is 7.55. The van der Waals surface area contributed by atoms with Crippen LogP contribution in [0.4, 0.5) is 29.0 Å². The van der Waals surface area contributed by atoms with E-state index >= 15 is 0 Å². The molecule has 1 fully saturated rings. The SMILES string of the molecule is C=CCNC(=O)c1cnc(Nc2ccc(N3CCN(C)[C@H](C)C3)cc2)nc1Nc1ccc2c(n1)C(C)CC2. The number of fused-ring (bicyclic) bond motifs is 1. The number of aromatic nitrogens is 3. The Balaban J connectivity index is 1.36. The average Bonchev–Trinajstić information content (AvgIpc) is 3.29. The van der Waals surface area contributed by atoms with Gasteiger partial charge in [0, 0.05) is 55.5 Å². The number of hydrogen-bond acceptors (Lipinski definition) is 8. The van der Waals surface area contributed by atoms with Crippen molar-refractivity contribution in [1.82, 2.24) is 25.2 Å². The lowest BCUT2D eigenvalue weighted by Gasteiger charge is -2.39. The van der Waals surface area contributed by atoms with Gasteiger partial charge in [-0.25, -0.2) is 9.97 Å². The Morgan fingerprint density at radius 3 is 2.68 bits per heavy atom. The first kappa shape index (κ1) is 25.7. The van der Waals surface area contributed by atoms with E-state index in [1.54, 1.807) is 6.08 Å². The molecule has 5 rings (SSSR count). The number of rotatable bonds is 8. The van der Waals surface area contributed by atoms with Gasteiger partial charge in [0.15, 0.2) is 0 Å². The van der Waals surface area contributed by atoms with Crippen LogP contribution in [0.15, 0.2) is 55.3 Å². The molecule has 0 spiro atoms. The monoisotopic (exact) mass is 512 g/mol. The number of nitrogens with one attached hydrogen (secondary N) is 3. The third-order valence-electron chi connectivity index (χ3n) is 7.46. The molecule has 198 valence electrons. The van der Waals surface area contributed by atoms with Gasteiger partial charge in [0.25, 0.3) is 5.91 Å². The van der Waals surface area contributed by atoms with E-state index in [0.29, 0.717) is 41.7 Å². The number of aryl methyl sites for hydroxylation is 1. The number of anilines is 5. The van der Waals surface area contributed by atoms with Crippen LogP contribution >= 0.6 is 0 Å². The molecule has 9 nitrogen and oxygen atoms in total. The van der Waals surface area contributed by atoms with Gasteiger partial charge in [-0.2, -0.15) is 4.98 Å². The zero-order valence-corrected chi connectivity index (χ0v) is 22.4. The zero-order valence-electron chi connectivity index (χ0n) is 22.4. The van der Waals surface area contributed by atoms with Crippen LogP contribution in [-0.2, 0) is 6.42 Å². The molecule has 2 aliphatic rings. The molecule has 0 radical (unpaired) electrons. The van der Waals surface area contributed by atoms with Crippen LogP contribution in [0.2, 0.25) is 0 Å². The number of likely N-dealkylation sites (N-methyl/N-ethyl adjacent to an activating group) is 1. The quantitative estimate of drug-likeness (QED) is 0.381. The fourth-order valence-corrected chi connectivity index (χ4v) is 4.97. The predicted octanol–water partition coefficient (Wildman–Crippen LogP) is 4.46. The molecular formula is C29H36N8O. The lowest BCUT2D eigenvalue weighted by Crippen LogP contribution is -2.50. The fraction of sp³-hybridized carbons (Fsp3) is 0.379. The zero-order chi connectivity index (χ0) is 26.6. The summed E-state index contributed by atoms with van der Waals surface area (Å²) in [6.45, 7) is 11.5. The van der Waals surface area contributed by atoms with E-state index in [4.69, 9.17) is 4.98 Å². The van der Waals surface area contributed by atoms with Crippen molar-refractivity contribution in [3.63, 3.8) is 0 Å². The van der Waals surface area contributed by atoms with Crippen molar-refractivity contribution < 1.29 is 4.79 Å². The van der Waals surface area contributed by atoms with Crippen molar-refractivity contribution in [2.45, 2.75) is 38.6 Å². The maximum Gasteiger partial charge on any atom is 0.256 e.